The highest BCUT2D eigenvalue weighted by atomic mass is 16.5. The van der Waals surface area contributed by atoms with Gasteiger partial charge in [-0.1, -0.05) is 23.3 Å². The van der Waals surface area contributed by atoms with Crippen molar-refractivity contribution in [2.75, 3.05) is 11.5 Å². The summed E-state index contributed by atoms with van der Waals surface area (Å²) in [6, 6.07) is 7.20. The maximum absolute atomic E-state index is 13.0. The third kappa shape index (κ3) is 1.92. The van der Waals surface area contributed by atoms with Crippen LogP contribution in [-0.2, 0) is 9.59 Å². The topological polar surface area (TPSA) is 46.6 Å². The van der Waals surface area contributed by atoms with Crippen molar-refractivity contribution in [2.24, 2.45) is 23.7 Å². The molecule has 0 aromatic heterocycles. The van der Waals surface area contributed by atoms with E-state index in [1.807, 2.05) is 19.1 Å². The molecular weight excluding hydrogens is 302 g/mol. The van der Waals surface area contributed by atoms with Gasteiger partial charge in [-0.3, -0.25) is 9.59 Å². The Labute approximate surface area is 141 Å². The molecule has 1 heterocycles. The van der Waals surface area contributed by atoms with Gasteiger partial charge in [-0.05, 0) is 45.0 Å². The monoisotopic (exact) mass is 323 g/mol. The summed E-state index contributed by atoms with van der Waals surface area (Å²) in [6.45, 7) is 6.66. The lowest BCUT2D eigenvalue weighted by atomic mass is 9.85. The normalized spacial score (nSPS) is 30.3. The number of imide groups is 1. The first-order chi connectivity index (χ1) is 11.5. The van der Waals surface area contributed by atoms with Crippen LogP contribution in [-0.4, -0.2) is 18.4 Å². The lowest BCUT2D eigenvalue weighted by Crippen LogP contribution is -2.33. The van der Waals surface area contributed by atoms with E-state index in [9.17, 15) is 9.59 Å². The molecule has 1 saturated carbocycles. The Hall–Kier alpha value is -2.36. The third-order valence-electron chi connectivity index (χ3n) is 5.40. The Morgan fingerprint density at radius 1 is 1.00 bits per heavy atom. The van der Waals surface area contributed by atoms with Gasteiger partial charge in [0.15, 0.2) is 0 Å². The number of hydrogen-bond acceptors (Lipinski definition) is 3. The average Bonchev–Trinajstić information content (AvgIpc) is 3.19. The molecule has 4 nitrogen and oxygen atoms in total. The molecular formula is C20H21NO3. The molecule has 4 heteroatoms. The number of nitrogens with zero attached hydrogens (tertiary/aromatic N) is 1. The molecule has 1 aromatic rings. The smallest absolute Gasteiger partial charge is 0.238 e. The van der Waals surface area contributed by atoms with E-state index >= 15 is 0 Å². The minimum atomic E-state index is -0.232. The number of hydrogen-bond donors (Lipinski definition) is 0. The second-order valence-corrected chi connectivity index (χ2v) is 6.88. The number of fused-ring (bicyclic) bond motifs is 5. The second kappa shape index (κ2) is 5.33. The number of amides is 2. The van der Waals surface area contributed by atoms with Crippen molar-refractivity contribution in [1.82, 2.24) is 0 Å². The Bertz CT molecular complexity index is 737. The Balaban J connectivity index is 1.67. The maximum Gasteiger partial charge on any atom is 0.238 e. The molecule has 2 bridgehead atoms. The number of rotatable bonds is 3. The molecule has 2 aliphatic carbocycles. The summed E-state index contributed by atoms with van der Waals surface area (Å²) in [5, 5.41) is 0. The van der Waals surface area contributed by atoms with E-state index in [4.69, 9.17) is 4.74 Å². The van der Waals surface area contributed by atoms with Crippen LogP contribution in [0.3, 0.4) is 0 Å². The van der Waals surface area contributed by atoms with Gasteiger partial charge >= 0.3 is 0 Å². The van der Waals surface area contributed by atoms with Gasteiger partial charge in [0.2, 0.25) is 11.8 Å². The fraction of sp³-hybridized carbons (Fsp3) is 0.400. The number of allylic oxidation sites excluding steroid dienone is 4. The Morgan fingerprint density at radius 2 is 1.54 bits per heavy atom. The summed E-state index contributed by atoms with van der Waals surface area (Å²) >= 11 is 0. The highest BCUT2D eigenvalue weighted by Crippen LogP contribution is 2.57. The van der Waals surface area contributed by atoms with Gasteiger partial charge in [0.1, 0.15) is 5.75 Å². The summed E-state index contributed by atoms with van der Waals surface area (Å²) in [5.41, 5.74) is 3.15. The zero-order chi connectivity index (χ0) is 17.0. The van der Waals surface area contributed by atoms with Crippen LogP contribution in [0.15, 0.2) is 47.6 Å². The van der Waals surface area contributed by atoms with E-state index < -0.39 is 0 Å². The third-order valence-corrected chi connectivity index (χ3v) is 5.40. The number of benzene rings is 1. The van der Waals surface area contributed by atoms with Crippen LogP contribution in [0, 0.1) is 23.7 Å². The standard InChI is InChI=1S/C20H21NO3/c1-4-24-13-7-5-12(6-8-13)21-19(22)17-14-9-10-15(16(14)11(2)3)18(17)20(21)23/h5-10,14-15,17-18H,4H2,1-3H3/t14-,15+,17+,18-. The zero-order valence-corrected chi connectivity index (χ0v) is 14.2. The number of ether oxygens (including phenoxy) is 1. The predicted molar refractivity (Wildman–Crippen MR) is 91.6 cm³/mol. The summed E-state index contributed by atoms with van der Waals surface area (Å²) in [7, 11) is 0. The minimum Gasteiger partial charge on any atom is -0.494 e. The molecule has 4 atom stereocenters. The van der Waals surface area contributed by atoms with Crippen LogP contribution in [0.25, 0.3) is 0 Å². The first-order valence-electron chi connectivity index (χ1n) is 8.51. The van der Waals surface area contributed by atoms with E-state index in [2.05, 4.69) is 26.0 Å². The van der Waals surface area contributed by atoms with E-state index in [-0.39, 0.29) is 35.5 Å². The van der Waals surface area contributed by atoms with E-state index in [1.165, 1.54) is 16.0 Å². The van der Waals surface area contributed by atoms with E-state index in [0.717, 1.165) is 5.75 Å². The van der Waals surface area contributed by atoms with Gasteiger partial charge in [-0.15, -0.1) is 0 Å². The fourth-order valence-electron chi connectivity index (χ4n) is 4.54. The van der Waals surface area contributed by atoms with Crippen molar-refractivity contribution in [3.05, 3.63) is 47.6 Å². The van der Waals surface area contributed by atoms with E-state index in [0.29, 0.717) is 12.3 Å². The van der Waals surface area contributed by atoms with Gasteiger partial charge in [-0.25, -0.2) is 4.90 Å². The molecule has 24 heavy (non-hydrogen) atoms. The fourth-order valence-corrected chi connectivity index (χ4v) is 4.54. The second-order valence-electron chi connectivity index (χ2n) is 6.88. The molecule has 124 valence electrons. The summed E-state index contributed by atoms with van der Waals surface area (Å²) in [4.78, 5) is 27.3. The summed E-state index contributed by atoms with van der Waals surface area (Å²) in [6.07, 6.45) is 4.22. The molecule has 4 rings (SSSR count). The first kappa shape index (κ1) is 15.2. The van der Waals surface area contributed by atoms with Crippen LogP contribution in [0.5, 0.6) is 5.75 Å². The molecule has 0 unspecified atom stereocenters. The van der Waals surface area contributed by atoms with Crippen molar-refractivity contribution in [2.45, 2.75) is 20.8 Å². The minimum absolute atomic E-state index is 0.0650. The molecule has 1 aromatic carbocycles. The molecule has 2 fully saturated rings. The zero-order valence-electron chi connectivity index (χ0n) is 14.2. The largest absolute Gasteiger partial charge is 0.494 e. The maximum atomic E-state index is 13.0. The SMILES string of the molecule is CCOc1ccc(N2C(=O)[C@@H]3[C@H](C2=O)[C@H]2C=C[C@@H]3C2=C(C)C)cc1. The first-order valence-corrected chi connectivity index (χ1v) is 8.51. The molecule has 2 amide bonds. The molecule has 1 aliphatic heterocycles. The van der Waals surface area contributed by atoms with Crippen LogP contribution >= 0.6 is 0 Å². The quantitative estimate of drug-likeness (QED) is 0.633. The summed E-state index contributed by atoms with van der Waals surface area (Å²) < 4.78 is 5.43. The Kier molecular flexibility index (Phi) is 3.37. The average molecular weight is 323 g/mol. The van der Waals surface area contributed by atoms with Crippen molar-refractivity contribution >= 4 is 17.5 Å². The van der Waals surface area contributed by atoms with Crippen LogP contribution in [0.2, 0.25) is 0 Å². The molecule has 0 radical (unpaired) electrons. The Morgan fingerprint density at radius 3 is 2.00 bits per heavy atom. The van der Waals surface area contributed by atoms with Crippen molar-refractivity contribution in [1.29, 1.82) is 0 Å². The number of carbonyl (C=O) groups is 2. The van der Waals surface area contributed by atoms with Gasteiger partial charge in [0, 0.05) is 11.8 Å². The highest BCUT2D eigenvalue weighted by Gasteiger charge is 2.61. The lowest BCUT2D eigenvalue weighted by Gasteiger charge is -2.19. The van der Waals surface area contributed by atoms with Gasteiger partial charge in [-0.2, -0.15) is 0 Å². The molecule has 0 N–H and O–H groups in total. The molecule has 3 aliphatic rings. The number of anilines is 1. The van der Waals surface area contributed by atoms with E-state index in [1.54, 1.807) is 12.1 Å². The highest BCUT2D eigenvalue weighted by molar-refractivity contribution is 6.23. The van der Waals surface area contributed by atoms with Crippen LogP contribution in [0.4, 0.5) is 5.69 Å². The van der Waals surface area contributed by atoms with Crippen molar-refractivity contribution < 1.29 is 14.3 Å². The van der Waals surface area contributed by atoms with Crippen molar-refractivity contribution in [3.63, 3.8) is 0 Å². The number of carbonyl (C=O) groups excluding carboxylic acids is 2. The van der Waals surface area contributed by atoms with Crippen LogP contribution < -0.4 is 9.64 Å². The lowest BCUT2D eigenvalue weighted by molar-refractivity contribution is -0.122. The predicted octanol–water partition coefficient (Wildman–Crippen LogP) is 3.34. The van der Waals surface area contributed by atoms with Crippen molar-refractivity contribution in [3.8, 4) is 5.75 Å². The molecule has 1 saturated heterocycles. The molecule has 0 spiro atoms. The summed E-state index contributed by atoms with van der Waals surface area (Å²) in [5.74, 6) is 0.333. The van der Waals surface area contributed by atoms with Gasteiger partial charge in [0.25, 0.3) is 0 Å². The van der Waals surface area contributed by atoms with Gasteiger partial charge in [0.05, 0.1) is 24.1 Å². The van der Waals surface area contributed by atoms with Gasteiger partial charge < -0.3 is 4.74 Å². The van der Waals surface area contributed by atoms with Crippen LogP contribution in [0.1, 0.15) is 20.8 Å².